The van der Waals surface area contributed by atoms with Gasteiger partial charge < -0.3 is 19.9 Å². The van der Waals surface area contributed by atoms with Crippen molar-refractivity contribution in [3.63, 3.8) is 0 Å². The highest BCUT2D eigenvalue weighted by Crippen LogP contribution is 2.29. The van der Waals surface area contributed by atoms with Crippen molar-refractivity contribution in [3.8, 4) is 5.75 Å². The van der Waals surface area contributed by atoms with Crippen LogP contribution < -0.4 is 10.1 Å². The van der Waals surface area contributed by atoms with Gasteiger partial charge in [0.05, 0.1) is 29.8 Å². The van der Waals surface area contributed by atoms with Crippen molar-refractivity contribution in [2.45, 2.75) is 18.4 Å². The van der Waals surface area contributed by atoms with Crippen molar-refractivity contribution >= 4 is 40.1 Å². The molecule has 0 aromatic heterocycles. The van der Waals surface area contributed by atoms with Crippen LogP contribution in [-0.2, 0) is 4.74 Å². The Labute approximate surface area is 142 Å². The van der Waals surface area contributed by atoms with Crippen LogP contribution in [0.3, 0.4) is 0 Å². The largest absolute Gasteiger partial charge is 0.496 e. The van der Waals surface area contributed by atoms with Gasteiger partial charge >= 0.3 is 0 Å². The Kier molecular flexibility index (Phi) is 5.70. The van der Waals surface area contributed by atoms with Crippen molar-refractivity contribution in [1.82, 2.24) is 5.32 Å². The monoisotopic (exact) mass is 425 g/mol. The number of carbonyl (C=O) groups excluding carboxylic acids is 1. The minimum atomic E-state index is -0.643. The number of benzene rings is 1. The molecule has 5 nitrogen and oxygen atoms in total. The molecule has 0 spiro atoms. The van der Waals surface area contributed by atoms with E-state index >= 15 is 0 Å². The Hall–Kier alpha value is -0.570. The van der Waals surface area contributed by atoms with E-state index < -0.39 is 5.54 Å². The summed E-state index contributed by atoms with van der Waals surface area (Å²) in [6.45, 7) is 0.916. The quantitative estimate of drug-likeness (QED) is 0.726. The second kappa shape index (κ2) is 7.13. The summed E-state index contributed by atoms with van der Waals surface area (Å²) in [4.78, 5) is 12.5. The molecule has 0 bridgehead atoms. The Morgan fingerprint density at radius 1 is 1.52 bits per heavy atom. The topological polar surface area (TPSA) is 67.8 Å². The van der Waals surface area contributed by atoms with Crippen LogP contribution in [0.5, 0.6) is 5.75 Å². The van der Waals surface area contributed by atoms with Crippen LogP contribution in [0.1, 0.15) is 23.2 Å². The first kappa shape index (κ1) is 16.8. The number of hydrogen-bond acceptors (Lipinski definition) is 4. The zero-order valence-electron chi connectivity index (χ0n) is 11.6. The molecule has 1 heterocycles. The highest BCUT2D eigenvalue weighted by atomic mass is 127. The first-order chi connectivity index (χ1) is 10.0. The van der Waals surface area contributed by atoms with Crippen LogP contribution in [0.25, 0.3) is 0 Å². The molecule has 0 unspecified atom stereocenters. The van der Waals surface area contributed by atoms with Gasteiger partial charge in [0.25, 0.3) is 5.91 Å². The van der Waals surface area contributed by atoms with Gasteiger partial charge in [0.2, 0.25) is 0 Å². The number of halogens is 2. The second-order valence-electron chi connectivity index (χ2n) is 4.97. The molecule has 2 rings (SSSR count). The van der Waals surface area contributed by atoms with Crippen LogP contribution in [0.4, 0.5) is 0 Å². The molecule has 1 aromatic carbocycles. The van der Waals surface area contributed by atoms with Gasteiger partial charge in [-0.3, -0.25) is 4.79 Å². The van der Waals surface area contributed by atoms with Gasteiger partial charge in [-0.15, -0.1) is 0 Å². The Balaban J connectivity index is 2.25. The van der Waals surface area contributed by atoms with E-state index in [1.54, 1.807) is 12.1 Å². The van der Waals surface area contributed by atoms with E-state index in [9.17, 15) is 9.90 Å². The summed E-state index contributed by atoms with van der Waals surface area (Å²) in [7, 11) is 1.51. The van der Waals surface area contributed by atoms with E-state index in [-0.39, 0.29) is 12.5 Å². The van der Waals surface area contributed by atoms with Gasteiger partial charge in [0, 0.05) is 16.8 Å². The van der Waals surface area contributed by atoms with Crippen molar-refractivity contribution in [2.24, 2.45) is 0 Å². The average Bonchev–Trinajstić information content (AvgIpc) is 2.50. The van der Waals surface area contributed by atoms with Crippen LogP contribution in [0.2, 0.25) is 5.02 Å². The van der Waals surface area contributed by atoms with Gasteiger partial charge in [-0.2, -0.15) is 0 Å². The molecule has 2 N–H and O–H groups in total. The molecule has 1 saturated heterocycles. The lowest BCUT2D eigenvalue weighted by atomic mass is 9.90. The van der Waals surface area contributed by atoms with E-state index in [1.807, 2.05) is 0 Å². The van der Waals surface area contributed by atoms with Gasteiger partial charge in [-0.1, -0.05) is 11.6 Å². The third kappa shape index (κ3) is 3.80. The number of ether oxygens (including phenoxy) is 2. The fraction of sp³-hybridized carbons (Fsp3) is 0.500. The van der Waals surface area contributed by atoms with Crippen molar-refractivity contribution in [2.75, 3.05) is 26.9 Å². The van der Waals surface area contributed by atoms with Gasteiger partial charge in [0.15, 0.2) is 0 Å². The normalized spacial score (nSPS) is 17.3. The number of amides is 1. The molecule has 0 atom stereocenters. The molecule has 0 aliphatic carbocycles. The molecule has 1 aliphatic rings. The van der Waals surface area contributed by atoms with Crippen molar-refractivity contribution < 1.29 is 19.4 Å². The fourth-order valence-corrected chi connectivity index (χ4v) is 2.87. The highest BCUT2D eigenvalue weighted by molar-refractivity contribution is 14.1. The maximum atomic E-state index is 12.5. The molecule has 7 heteroatoms. The first-order valence-corrected chi connectivity index (χ1v) is 8.01. The molecule has 21 heavy (non-hydrogen) atoms. The summed E-state index contributed by atoms with van der Waals surface area (Å²) in [5.74, 6) is 0.155. The van der Waals surface area contributed by atoms with Crippen LogP contribution in [-0.4, -0.2) is 43.5 Å². The summed E-state index contributed by atoms with van der Waals surface area (Å²) < 4.78 is 11.3. The average molecular weight is 426 g/mol. The summed E-state index contributed by atoms with van der Waals surface area (Å²) >= 11 is 8.16. The third-order valence-corrected chi connectivity index (χ3v) is 5.14. The van der Waals surface area contributed by atoms with E-state index in [2.05, 4.69) is 27.9 Å². The number of nitrogens with one attached hydrogen (secondary N) is 1. The number of rotatable bonds is 4. The third-order valence-electron chi connectivity index (χ3n) is 3.62. The number of methoxy groups -OCH3 is 1. The van der Waals surface area contributed by atoms with Gasteiger partial charge in [-0.05, 0) is 47.6 Å². The van der Waals surface area contributed by atoms with E-state index in [0.29, 0.717) is 42.4 Å². The maximum Gasteiger partial charge on any atom is 0.255 e. The van der Waals surface area contributed by atoms with Gasteiger partial charge in [-0.25, -0.2) is 0 Å². The number of hydrogen-bond donors (Lipinski definition) is 2. The van der Waals surface area contributed by atoms with Crippen molar-refractivity contribution in [3.05, 3.63) is 26.3 Å². The summed E-state index contributed by atoms with van der Waals surface area (Å²) in [6, 6.07) is 3.30. The lowest BCUT2D eigenvalue weighted by Gasteiger charge is -2.36. The van der Waals surface area contributed by atoms with E-state index in [0.717, 1.165) is 3.57 Å². The minimum absolute atomic E-state index is 0.123. The second-order valence-corrected chi connectivity index (χ2v) is 6.54. The highest BCUT2D eigenvalue weighted by Gasteiger charge is 2.34. The molecular formula is C14H17ClINO4. The van der Waals surface area contributed by atoms with Crippen LogP contribution >= 0.6 is 34.2 Å². The molecular weight excluding hydrogens is 409 g/mol. The smallest absolute Gasteiger partial charge is 0.255 e. The summed E-state index contributed by atoms with van der Waals surface area (Å²) in [5.41, 5.74) is -0.280. The summed E-state index contributed by atoms with van der Waals surface area (Å²) in [6.07, 6.45) is 1.16. The predicted molar refractivity (Wildman–Crippen MR) is 88.1 cm³/mol. The number of aliphatic hydroxyl groups excluding tert-OH is 1. The fourth-order valence-electron chi connectivity index (χ4n) is 2.27. The first-order valence-electron chi connectivity index (χ1n) is 6.55. The predicted octanol–water partition coefficient (Wildman–Crippen LogP) is 2.22. The molecule has 1 aliphatic heterocycles. The molecule has 1 aromatic rings. The van der Waals surface area contributed by atoms with E-state index in [1.165, 1.54) is 7.11 Å². The van der Waals surface area contributed by atoms with Gasteiger partial charge in [0.1, 0.15) is 5.75 Å². The Bertz CT molecular complexity index is 532. The maximum absolute atomic E-state index is 12.5. The van der Waals surface area contributed by atoms with Crippen LogP contribution in [0, 0.1) is 3.57 Å². The molecule has 1 amide bonds. The Morgan fingerprint density at radius 2 is 2.19 bits per heavy atom. The molecule has 116 valence electrons. The molecule has 0 radical (unpaired) electrons. The zero-order chi connectivity index (χ0) is 15.5. The Morgan fingerprint density at radius 3 is 2.76 bits per heavy atom. The lowest BCUT2D eigenvalue weighted by molar-refractivity contribution is 0.0125. The van der Waals surface area contributed by atoms with E-state index in [4.69, 9.17) is 21.1 Å². The SMILES string of the molecule is COc1cc(I)c(Cl)cc1C(=O)NC1(CO)CCOCC1. The van der Waals surface area contributed by atoms with Crippen molar-refractivity contribution in [1.29, 1.82) is 0 Å². The summed E-state index contributed by atoms with van der Waals surface area (Å²) in [5, 5.41) is 13.0. The molecule has 1 fully saturated rings. The lowest BCUT2D eigenvalue weighted by Crippen LogP contribution is -2.54. The zero-order valence-corrected chi connectivity index (χ0v) is 14.5. The standard InChI is InChI=1S/C14H17ClINO4/c1-20-12-7-11(16)10(15)6-9(12)13(19)17-14(8-18)2-4-21-5-3-14/h6-7,18H,2-5,8H2,1H3,(H,17,19). The number of aliphatic hydroxyl groups is 1. The van der Waals surface area contributed by atoms with Crippen LogP contribution in [0.15, 0.2) is 12.1 Å². The number of carbonyl (C=O) groups is 1. The minimum Gasteiger partial charge on any atom is -0.496 e. The molecule has 0 saturated carbocycles.